The van der Waals surface area contributed by atoms with Gasteiger partial charge in [0.1, 0.15) is 5.69 Å². The highest BCUT2D eigenvalue weighted by Crippen LogP contribution is 2.15. The fourth-order valence-corrected chi connectivity index (χ4v) is 3.06. The van der Waals surface area contributed by atoms with Gasteiger partial charge in [0.05, 0.1) is 29.5 Å². The minimum atomic E-state index is -0.263. The molecule has 7 heteroatoms. The van der Waals surface area contributed by atoms with Crippen molar-refractivity contribution in [3.05, 3.63) is 54.1 Å². The Kier molecular flexibility index (Phi) is 4.68. The monoisotopic (exact) mass is 348 g/mol. The molecule has 1 saturated heterocycles. The van der Waals surface area contributed by atoms with E-state index in [0.717, 1.165) is 30.2 Å². The number of aromatic nitrogens is 4. The van der Waals surface area contributed by atoms with Gasteiger partial charge in [-0.15, -0.1) is 0 Å². The minimum absolute atomic E-state index is 0.263. The number of nitrogens with one attached hydrogen (secondary N) is 1. The number of para-hydroxylation sites is 2. The third kappa shape index (κ3) is 3.61. The maximum Gasteiger partial charge on any atom is 0.271 e. The topological polar surface area (TPSA) is 83.9 Å². The number of carbonyl (C=O) groups excluding carboxylic acids is 1. The molecule has 0 radical (unpaired) electrons. The molecule has 0 aliphatic carbocycles. The van der Waals surface area contributed by atoms with E-state index in [1.807, 2.05) is 30.3 Å². The first-order valence-electron chi connectivity index (χ1n) is 8.86. The number of amides is 1. The molecule has 0 saturated carbocycles. The lowest BCUT2D eigenvalue weighted by molar-refractivity contribution is 0.0945. The number of fused-ring (bicyclic) bond motifs is 1. The first-order valence-corrected chi connectivity index (χ1v) is 8.86. The van der Waals surface area contributed by atoms with Gasteiger partial charge in [-0.2, -0.15) is 0 Å². The van der Waals surface area contributed by atoms with E-state index in [9.17, 15) is 4.79 Å². The lowest BCUT2D eigenvalue weighted by atomic mass is 10.1. The number of nitrogens with zero attached hydrogens (tertiary/aromatic N) is 5. The molecule has 3 aromatic rings. The van der Waals surface area contributed by atoms with E-state index >= 15 is 0 Å². The molecule has 0 atom stereocenters. The van der Waals surface area contributed by atoms with Gasteiger partial charge in [-0.25, -0.2) is 15.0 Å². The fourth-order valence-electron chi connectivity index (χ4n) is 3.06. The maximum absolute atomic E-state index is 12.4. The molecule has 2 aromatic heterocycles. The van der Waals surface area contributed by atoms with Crippen molar-refractivity contribution in [2.75, 3.05) is 18.0 Å². The average Bonchev–Trinajstić information content (AvgIpc) is 2.72. The van der Waals surface area contributed by atoms with Crippen LogP contribution in [0.4, 0.5) is 5.95 Å². The molecule has 3 heterocycles. The van der Waals surface area contributed by atoms with E-state index in [4.69, 9.17) is 0 Å². The average molecular weight is 348 g/mol. The van der Waals surface area contributed by atoms with Crippen LogP contribution in [0.2, 0.25) is 0 Å². The Morgan fingerprint density at radius 2 is 1.81 bits per heavy atom. The molecular formula is C19H20N6O. The molecule has 1 aliphatic heterocycles. The van der Waals surface area contributed by atoms with Crippen LogP contribution < -0.4 is 10.2 Å². The van der Waals surface area contributed by atoms with Gasteiger partial charge in [-0.1, -0.05) is 12.1 Å². The summed E-state index contributed by atoms with van der Waals surface area (Å²) in [5, 5.41) is 2.86. The number of piperidine rings is 1. The lowest BCUT2D eigenvalue weighted by Gasteiger charge is -2.26. The maximum atomic E-state index is 12.4. The molecule has 1 fully saturated rings. The number of rotatable bonds is 4. The zero-order valence-electron chi connectivity index (χ0n) is 14.4. The second-order valence-corrected chi connectivity index (χ2v) is 6.32. The molecule has 7 nitrogen and oxygen atoms in total. The molecule has 1 N–H and O–H groups in total. The van der Waals surface area contributed by atoms with Gasteiger partial charge < -0.3 is 10.2 Å². The van der Waals surface area contributed by atoms with Crippen LogP contribution in [0.5, 0.6) is 0 Å². The highest BCUT2D eigenvalue weighted by atomic mass is 16.1. The standard InChI is InChI=1S/C19H20N6O/c26-18(17-13-21-15-6-2-3-7-16(15)24-17)22-12-14-8-9-20-19(23-14)25-10-4-1-5-11-25/h2-3,6-9,13H,1,4-5,10-12H2,(H,22,26). The van der Waals surface area contributed by atoms with Crippen LogP contribution in [0.15, 0.2) is 42.7 Å². The van der Waals surface area contributed by atoms with Crippen LogP contribution in [0.25, 0.3) is 11.0 Å². The van der Waals surface area contributed by atoms with Gasteiger partial charge in [-0.05, 0) is 37.5 Å². The summed E-state index contributed by atoms with van der Waals surface area (Å²) in [7, 11) is 0. The number of carbonyl (C=O) groups is 1. The number of benzene rings is 1. The van der Waals surface area contributed by atoms with E-state index < -0.39 is 0 Å². The molecule has 0 bridgehead atoms. The molecule has 1 amide bonds. The quantitative estimate of drug-likeness (QED) is 0.779. The van der Waals surface area contributed by atoms with Crippen LogP contribution in [-0.2, 0) is 6.54 Å². The summed E-state index contributed by atoms with van der Waals surface area (Å²) in [4.78, 5) is 32.2. The van der Waals surface area contributed by atoms with Gasteiger partial charge in [0.15, 0.2) is 0 Å². The Labute approximate surface area is 151 Å². The highest BCUT2D eigenvalue weighted by Gasteiger charge is 2.14. The van der Waals surface area contributed by atoms with Crippen molar-refractivity contribution in [1.82, 2.24) is 25.3 Å². The Morgan fingerprint density at radius 3 is 2.65 bits per heavy atom. The predicted molar refractivity (Wildman–Crippen MR) is 98.8 cm³/mol. The summed E-state index contributed by atoms with van der Waals surface area (Å²) in [5.41, 5.74) is 2.55. The molecule has 132 valence electrons. The number of anilines is 1. The highest BCUT2D eigenvalue weighted by molar-refractivity contribution is 5.93. The Morgan fingerprint density at radius 1 is 1.00 bits per heavy atom. The first kappa shape index (κ1) is 16.4. The van der Waals surface area contributed by atoms with Gasteiger partial charge in [0.2, 0.25) is 5.95 Å². The van der Waals surface area contributed by atoms with Gasteiger partial charge in [-0.3, -0.25) is 9.78 Å². The zero-order valence-corrected chi connectivity index (χ0v) is 14.4. The van der Waals surface area contributed by atoms with E-state index in [0.29, 0.717) is 17.8 Å². The molecule has 4 rings (SSSR count). The second kappa shape index (κ2) is 7.43. The van der Waals surface area contributed by atoms with Crippen molar-refractivity contribution in [1.29, 1.82) is 0 Å². The van der Waals surface area contributed by atoms with Crippen molar-refractivity contribution < 1.29 is 4.79 Å². The third-order valence-electron chi connectivity index (χ3n) is 4.45. The Balaban J connectivity index is 1.43. The first-order chi connectivity index (χ1) is 12.8. The molecule has 1 aliphatic rings. The summed E-state index contributed by atoms with van der Waals surface area (Å²) in [6.07, 6.45) is 6.85. The van der Waals surface area contributed by atoms with E-state index in [1.165, 1.54) is 25.5 Å². The van der Waals surface area contributed by atoms with Crippen LogP contribution in [0.1, 0.15) is 35.4 Å². The van der Waals surface area contributed by atoms with E-state index in [2.05, 4.69) is 30.2 Å². The van der Waals surface area contributed by atoms with Crippen molar-refractivity contribution in [3.63, 3.8) is 0 Å². The van der Waals surface area contributed by atoms with Crippen molar-refractivity contribution in [2.45, 2.75) is 25.8 Å². The smallest absolute Gasteiger partial charge is 0.271 e. The number of hydrogen-bond acceptors (Lipinski definition) is 6. The minimum Gasteiger partial charge on any atom is -0.345 e. The van der Waals surface area contributed by atoms with Crippen LogP contribution in [0.3, 0.4) is 0 Å². The van der Waals surface area contributed by atoms with E-state index in [1.54, 1.807) is 6.20 Å². The largest absolute Gasteiger partial charge is 0.345 e. The summed E-state index contributed by atoms with van der Waals surface area (Å²) in [6.45, 7) is 2.31. The van der Waals surface area contributed by atoms with Crippen LogP contribution in [-0.4, -0.2) is 38.9 Å². The lowest BCUT2D eigenvalue weighted by Crippen LogP contribution is -2.31. The predicted octanol–water partition coefficient (Wildman–Crippen LogP) is 2.34. The molecule has 0 spiro atoms. The molecule has 26 heavy (non-hydrogen) atoms. The SMILES string of the molecule is O=C(NCc1ccnc(N2CCCCC2)n1)c1cnc2ccccc2n1. The van der Waals surface area contributed by atoms with Crippen molar-refractivity contribution in [3.8, 4) is 0 Å². The zero-order chi connectivity index (χ0) is 17.8. The van der Waals surface area contributed by atoms with Gasteiger partial charge >= 0.3 is 0 Å². The van der Waals surface area contributed by atoms with E-state index in [-0.39, 0.29) is 5.91 Å². The number of hydrogen-bond donors (Lipinski definition) is 1. The fraction of sp³-hybridized carbons (Fsp3) is 0.316. The van der Waals surface area contributed by atoms with Crippen LogP contribution in [0, 0.1) is 0 Å². The van der Waals surface area contributed by atoms with Gasteiger partial charge in [0.25, 0.3) is 5.91 Å². The van der Waals surface area contributed by atoms with Crippen LogP contribution >= 0.6 is 0 Å². The molecule has 1 aromatic carbocycles. The third-order valence-corrected chi connectivity index (χ3v) is 4.45. The molecule has 0 unspecified atom stereocenters. The molecular weight excluding hydrogens is 328 g/mol. The summed E-state index contributed by atoms with van der Waals surface area (Å²) >= 11 is 0. The summed E-state index contributed by atoms with van der Waals surface area (Å²) in [5.74, 6) is 0.475. The normalized spacial score (nSPS) is 14.4. The van der Waals surface area contributed by atoms with Gasteiger partial charge in [0, 0.05) is 19.3 Å². The summed E-state index contributed by atoms with van der Waals surface area (Å²) < 4.78 is 0. The Hall–Kier alpha value is -3.09. The Bertz CT molecular complexity index is 923. The summed E-state index contributed by atoms with van der Waals surface area (Å²) in [6, 6.07) is 9.30. The van der Waals surface area contributed by atoms with Crippen molar-refractivity contribution in [2.24, 2.45) is 0 Å². The van der Waals surface area contributed by atoms with Crippen molar-refractivity contribution >= 4 is 22.9 Å². The second-order valence-electron chi connectivity index (χ2n) is 6.32.